The number of hydrogen-bond acceptors (Lipinski definition) is 6. The minimum absolute atomic E-state index is 0.0257. The third-order valence-corrected chi connectivity index (χ3v) is 5.44. The highest BCUT2D eigenvalue weighted by Crippen LogP contribution is 2.51. The van der Waals surface area contributed by atoms with Crippen molar-refractivity contribution < 1.29 is 29.2 Å². The van der Waals surface area contributed by atoms with Crippen molar-refractivity contribution in [2.75, 3.05) is 21.3 Å². The van der Waals surface area contributed by atoms with Gasteiger partial charge in [-0.15, -0.1) is 0 Å². The molecule has 0 radical (unpaired) electrons. The van der Waals surface area contributed by atoms with Crippen LogP contribution < -0.4 is 14.2 Å². The molecule has 0 aliphatic carbocycles. The number of ether oxygens (including phenoxy) is 4. The molecule has 0 saturated carbocycles. The lowest BCUT2D eigenvalue weighted by atomic mass is 9.85. The summed E-state index contributed by atoms with van der Waals surface area (Å²) in [6.07, 6.45) is -0.335. The quantitative estimate of drug-likeness (QED) is 0.816. The summed E-state index contributed by atoms with van der Waals surface area (Å²) >= 11 is 0. The first-order valence-corrected chi connectivity index (χ1v) is 8.88. The standard InChI is InChI=1S/C21H26O6/c1-11-12(2)21(14-9-17(25-4)19(23)18(10-14)26-5)27-20(11)13-6-7-15(22)16(8-13)24-3/h6-12,20-23H,1-5H3/t11-,12-,20+,21-/m0/s1. The molecule has 0 bridgehead atoms. The van der Waals surface area contributed by atoms with Crippen LogP contribution in [0.15, 0.2) is 30.3 Å². The molecule has 1 fully saturated rings. The molecule has 1 heterocycles. The van der Waals surface area contributed by atoms with E-state index < -0.39 is 0 Å². The summed E-state index contributed by atoms with van der Waals surface area (Å²) in [6.45, 7) is 4.28. The Balaban J connectivity index is 1.96. The number of phenols is 2. The van der Waals surface area contributed by atoms with Crippen molar-refractivity contribution in [3.05, 3.63) is 41.5 Å². The number of phenolic OH excluding ortho intramolecular Hbond substituents is 2. The predicted molar refractivity (Wildman–Crippen MR) is 101 cm³/mol. The summed E-state index contributed by atoms with van der Waals surface area (Å²) in [5, 5.41) is 20.0. The van der Waals surface area contributed by atoms with Crippen LogP contribution in [0.1, 0.15) is 37.2 Å². The second-order valence-corrected chi connectivity index (χ2v) is 6.90. The van der Waals surface area contributed by atoms with E-state index in [1.165, 1.54) is 21.3 Å². The minimum Gasteiger partial charge on any atom is -0.504 e. The zero-order valence-electron chi connectivity index (χ0n) is 16.2. The van der Waals surface area contributed by atoms with Gasteiger partial charge < -0.3 is 29.2 Å². The number of aromatic hydroxyl groups is 2. The molecule has 6 heteroatoms. The maximum atomic E-state index is 10.2. The van der Waals surface area contributed by atoms with Gasteiger partial charge in [-0.25, -0.2) is 0 Å². The Morgan fingerprint density at radius 2 is 1.22 bits per heavy atom. The van der Waals surface area contributed by atoms with Crippen molar-refractivity contribution in [3.8, 4) is 28.7 Å². The molecule has 0 spiro atoms. The minimum atomic E-state index is -0.187. The zero-order chi connectivity index (χ0) is 19.7. The Bertz CT molecular complexity index is 793. The van der Waals surface area contributed by atoms with Crippen LogP contribution in [0, 0.1) is 11.8 Å². The van der Waals surface area contributed by atoms with Gasteiger partial charge in [0.2, 0.25) is 5.75 Å². The fourth-order valence-corrected chi connectivity index (χ4v) is 3.67. The smallest absolute Gasteiger partial charge is 0.200 e. The molecule has 2 N–H and O–H groups in total. The highest BCUT2D eigenvalue weighted by molar-refractivity contribution is 5.53. The SMILES string of the molecule is COc1cc([C@@H]2O[C@H](c3cc(OC)c(O)c(OC)c3)[C@@H](C)[C@@H]2C)ccc1O. The van der Waals surface area contributed by atoms with Crippen molar-refractivity contribution in [1.82, 2.24) is 0 Å². The first kappa shape index (κ1) is 19.2. The van der Waals surface area contributed by atoms with Crippen molar-refractivity contribution in [3.63, 3.8) is 0 Å². The van der Waals surface area contributed by atoms with Gasteiger partial charge in [0, 0.05) is 0 Å². The number of rotatable bonds is 5. The van der Waals surface area contributed by atoms with E-state index in [2.05, 4.69) is 13.8 Å². The van der Waals surface area contributed by atoms with Crippen LogP contribution in [0.4, 0.5) is 0 Å². The highest BCUT2D eigenvalue weighted by Gasteiger charge is 2.41. The molecule has 4 atom stereocenters. The first-order valence-electron chi connectivity index (χ1n) is 8.88. The molecule has 27 heavy (non-hydrogen) atoms. The summed E-state index contributed by atoms with van der Waals surface area (Å²) < 4.78 is 22.2. The molecule has 0 amide bonds. The summed E-state index contributed by atoms with van der Waals surface area (Å²) in [5.74, 6) is 1.65. The lowest BCUT2D eigenvalue weighted by Crippen LogP contribution is -2.10. The molecular weight excluding hydrogens is 348 g/mol. The van der Waals surface area contributed by atoms with Gasteiger partial charge in [-0.3, -0.25) is 0 Å². The van der Waals surface area contributed by atoms with Crippen molar-refractivity contribution >= 4 is 0 Å². The summed E-state index contributed by atoms with van der Waals surface area (Å²) in [5.41, 5.74) is 1.83. The van der Waals surface area contributed by atoms with Crippen LogP contribution >= 0.6 is 0 Å². The summed E-state index contributed by atoms with van der Waals surface area (Å²) in [4.78, 5) is 0. The van der Waals surface area contributed by atoms with E-state index in [1.54, 1.807) is 18.2 Å². The lowest BCUT2D eigenvalue weighted by molar-refractivity contribution is 0.0286. The Kier molecular flexibility index (Phi) is 5.37. The van der Waals surface area contributed by atoms with Gasteiger partial charge in [-0.2, -0.15) is 0 Å². The van der Waals surface area contributed by atoms with Gasteiger partial charge in [0.25, 0.3) is 0 Å². The van der Waals surface area contributed by atoms with E-state index >= 15 is 0 Å². The Labute approximate surface area is 159 Å². The van der Waals surface area contributed by atoms with Crippen LogP contribution in [0.3, 0.4) is 0 Å². The number of benzene rings is 2. The van der Waals surface area contributed by atoms with Gasteiger partial charge in [0.05, 0.1) is 33.5 Å². The van der Waals surface area contributed by atoms with Gasteiger partial charge in [-0.1, -0.05) is 19.9 Å². The average Bonchev–Trinajstić information content (AvgIpc) is 2.97. The Morgan fingerprint density at radius 3 is 1.74 bits per heavy atom. The van der Waals surface area contributed by atoms with Gasteiger partial charge >= 0.3 is 0 Å². The number of methoxy groups -OCH3 is 3. The third kappa shape index (κ3) is 3.37. The maximum Gasteiger partial charge on any atom is 0.200 e. The largest absolute Gasteiger partial charge is 0.504 e. The Hall–Kier alpha value is -2.60. The summed E-state index contributed by atoms with van der Waals surface area (Å²) in [7, 11) is 4.54. The average molecular weight is 374 g/mol. The van der Waals surface area contributed by atoms with Crippen LogP contribution in [0.2, 0.25) is 0 Å². The molecule has 0 unspecified atom stereocenters. The van der Waals surface area contributed by atoms with E-state index in [0.717, 1.165) is 11.1 Å². The third-order valence-electron chi connectivity index (χ3n) is 5.44. The van der Waals surface area contributed by atoms with Gasteiger partial charge in [0.1, 0.15) is 0 Å². The first-order chi connectivity index (χ1) is 12.9. The van der Waals surface area contributed by atoms with Crippen molar-refractivity contribution in [1.29, 1.82) is 0 Å². The molecule has 1 aliphatic rings. The van der Waals surface area contributed by atoms with E-state index in [1.807, 2.05) is 12.1 Å². The highest BCUT2D eigenvalue weighted by atomic mass is 16.5. The predicted octanol–water partition coefficient (Wildman–Crippen LogP) is 4.21. The lowest BCUT2D eigenvalue weighted by Gasteiger charge is -2.19. The molecule has 1 aliphatic heterocycles. The second kappa shape index (κ2) is 7.56. The van der Waals surface area contributed by atoms with E-state index in [-0.39, 0.29) is 35.5 Å². The second-order valence-electron chi connectivity index (χ2n) is 6.90. The molecule has 3 rings (SSSR count). The molecule has 146 valence electrons. The zero-order valence-corrected chi connectivity index (χ0v) is 16.2. The molecule has 2 aromatic rings. The Morgan fingerprint density at radius 1 is 0.741 bits per heavy atom. The summed E-state index contributed by atoms with van der Waals surface area (Å²) in [6, 6.07) is 8.85. The molecule has 0 aromatic heterocycles. The van der Waals surface area contributed by atoms with E-state index in [9.17, 15) is 10.2 Å². The van der Waals surface area contributed by atoms with Crippen molar-refractivity contribution in [2.45, 2.75) is 26.1 Å². The van der Waals surface area contributed by atoms with Gasteiger partial charge in [0.15, 0.2) is 23.0 Å². The fourth-order valence-electron chi connectivity index (χ4n) is 3.67. The fraction of sp³-hybridized carbons (Fsp3) is 0.429. The van der Waals surface area contributed by atoms with Crippen LogP contribution in [-0.4, -0.2) is 31.5 Å². The normalized spacial score (nSPS) is 24.6. The maximum absolute atomic E-state index is 10.2. The van der Waals surface area contributed by atoms with Crippen molar-refractivity contribution in [2.24, 2.45) is 11.8 Å². The van der Waals surface area contributed by atoms with Crippen LogP contribution in [-0.2, 0) is 4.74 Å². The van der Waals surface area contributed by atoms with Crippen LogP contribution in [0.25, 0.3) is 0 Å². The molecular formula is C21H26O6. The molecule has 2 aromatic carbocycles. The molecule has 6 nitrogen and oxygen atoms in total. The molecule has 1 saturated heterocycles. The monoisotopic (exact) mass is 374 g/mol. The van der Waals surface area contributed by atoms with E-state index in [4.69, 9.17) is 18.9 Å². The number of hydrogen-bond donors (Lipinski definition) is 2. The van der Waals surface area contributed by atoms with Gasteiger partial charge in [-0.05, 0) is 47.2 Å². The topological polar surface area (TPSA) is 77.4 Å². The van der Waals surface area contributed by atoms with Crippen LogP contribution in [0.5, 0.6) is 28.7 Å². The van der Waals surface area contributed by atoms with E-state index in [0.29, 0.717) is 17.2 Å².